The van der Waals surface area contributed by atoms with Gasteiger partial charge in [-0.25, -0.2) is 4.68 Å². The van der Waals surface area contributed by atoms with E-state index in [-0.39, 0.29) is 11.5 Å². The number of thioether (sulfide) groups is 1. The Morgan fingerprint density at radius 3 is 3.09 bits per heavy atom. The minimum Gasteiger partial charge on any atom is -0.370 e. The summed E-state index contributed by atoms with van der Waals surface area (Å²) in [5.41, 5.74) is 0.776. The molecule has 2 rings (SSSR count). The third-order valence-electron chi connectivity index (χ3n) is 3.77. The van der Waals surface area contributed by atoms with Crippen LogP contribution in [0.4, 0.5) is 5.69 Å². The molecule has 1 saturated heterocycles. The highest BCUT2D eigenvalue weighted by molar-refractivity contribution is 7.99. The van der Waals surface area contributed by atoms with E-state index in [1.807, 2.05) is 0 Å². The first-order chi connectivity index (χ1) is 10.6. The predicted octanol–water partition coefficient (Wildman–Crippen LogP) is 0.866. The molecule has 22 heavy (non-hydrogen) atoms. The summed E-state index contributed by atoms with van der Waals surface area (Å²) in [6.07, 6.45) is 3.85. The molecule has 0 aliphatic carbocycles. The Bertz CT molecular complexity index is 561. The summed E-state index contributed by atoms with van der Waals surface area (Å²) >= 11 is 1.68. The van der Waals surface area contributed by atoms with Crippen molar-refractivity contribution in [3.05, 3.63) is 22.6 Å². The maximum atomic E-state index is 11.7. The number of nitrogens with zero attached hydrogens (tertiary/aromatic N) is 3. The summed E-state index contributed by atoms with van der Waals surface area (Å²) < 4.78 is 1.32. The van der Waals surface area contributed by atoms with Gasteiger partial charge in [-0.05, 0) is 24.5 Å². The smallest absolute Gasteiger partial charge is 0.268 e. The molecule has 0 spiro atoms. The van der Waals surface area contributed by atoms with Crippen molar-refractivity contribution in [3.8, 4) is 0 Å². The number of hydrogen-bond acceptors (Lipinski definition) is 5. The Balaban J connectivity index is 1.76. The van der Waals surface area contributed by atoms with Crippen LogP contribution in [0.3, 0.4) is 0 Å². The fraction of sp³-hybridized carbons (Fsp3) is 0.667. The second kappa shape index (κ2) is 8.22. The molecular formula is C15H24N4O2S. The number of carbonyl (C=O) groups excluding carboxylic acids is 1. The highest BCUT2D eigenvalue weighted by atomic mass is 32.2. The van der Waals surface area contributed by atoms with Crippen LogP contribution in [0.2, 0.25) is 0 Å². The summed E-state index contributed by atoms with van der Waals surface area (Å²) in [5.74, 6) is 2.13. The first-order valence-corrected chi connectivity index (χ1v) is 8.88. The second-order valence-corrected chi connectivity index (χ2v) is 6.74. The molecule has 1 aromatic heterocycles. The number of hydrogen-bond donors (Lipinski definition) is 1. The van der Waals surface area contributed by atoms with Crippen molar-refractivity contribution in [1.29, 1.82) is 0 Å². The molecule has 122 valence electrons. The molecule has 0 radical (unpaired) electrons. The van der Waals surface area contributed by atoms with Gasteiger partial charge in [-0.15, -0.1) is 0 Å². The molecule has 0 unspecified atom stereocenters. The minimum absolute atomic E-state index is 0.0952. The summed E-state index contributed by atoms with van der Waals surface area (Å²) in [6.45, 7) is 4.58. The van der Waals surface area contributed by atoms with Gasteiger partial charge in [0, 0.05) is 32.7 Å². The highest BCUT2D eigenvalue weighted by Crippen LogP contribution is 2.21. The largest absolute Gasteiger partial charge is 0.370 e. The van der Waals surface area contributed by atoms with Crippen molar-refractivity contribution in [3.63, 3.8) is 0 Å². The third-order valence-corrected chi connectivity index (χ3v) is 4.94. The molecule has 1 aromatic rings. The molecule has 6 nitrogen and oxygen atoms in total. The lowest BCUT2D eigenvalue weighted by atomic mass is 10.1. The quantitative estimate of drug-likeness (QED) is 0.754. The van der Waals surface area contributed by atoms with Crippen LogP contribution in [-0.2, 0) is 11.8 Å². The summed E-state index contributed by atoms with van der Waals surface area (Å²) in [6, 6.07) is 1.62. The van der Waals surface area contributed by atoms with Gasteiger partial charge in [0.25, 0.3) is 5.56 Å². The minimum atomic E-state index is -0.0952. The van der Waals surface area contributed by atoms with Crippen LogP contribution < -0.4 is 15.8 Å². The van der Waals surface area contributed by atoms with Gasteiger partial charge in [-0.1, -0.05) is 6.92 Å². The molecule has 0 bridgehead atoms. The van der Waals surface area contributed by atoms with Gasteiger partial charge in [0.05, 0.1) is 17.6 Å². The van der Waals surface area contributed by atoms with E-state index < -0.39 is 0 Å². The van der Waals surface area contributed by atoms with E-state index >= 15 is 0 Å². The van der Waals surface area contributed by atoms with Crippen LogP contribution in [0, 0.1) is 5.92 Å². The van der Waals surface area contributed by atoms with Crippen molar-refractivity contribution >= 4 is 23.4 Å². The Morgan fingerprint density at radius 1 is 1.55 bits per heavy atom. The maximum absolute atomic E-state index is 11.7. The Morgan fingerprint density at radius 2 is 2.36 bits per heavy atom. The zero-order valence-corrected chi connectivity index (χ0v) is 14.1. The fourth-order valence-electron chi connectivity index (χ4n) is 2.48. The van der Waals surface area contributed by atoms with E-state index in [1.54, 1.807) is 31.1 Å². The van der Waals surface area contributed by atoms with Crippen LogP contribution in [0.1, 0.15) is 19.8 Å². The van der Waals surface area contributed by atoms with Gasteiger partial charge >= 0.3 is 0 Å². The van der Waals surface area contributed by atoms with Crippen LogP contribution in [-0.4, -0.2) is 46.8 Å². The molecule has 1 aliphatic heterocycles. The van der Waals surface area contributed by atoms with Gasteiger partial charge in [0.15, 0.2) is 0 Å². The molecule has 0 saturated carbocycles. The van der Waals surface area contributed by atoms with Crippen molar-refractivity contribution < 1.29 is 4.79 Å². The Kier molecular flexibility index (Phi) is 6.30. The van der Waals surface area contributed by atoms with Crippen molar-refractivity contribution in [2.24, 2.45) is 13.0 Å². The fourth-order valence-corrected chi connectivity index (χ4v) is 3.21. The van der Waals surface area contributed by atoms with E-state index in [4.69, 9.17) is 0 Å². The van der Waals surface area contributed by atoms with Crippen LogP contribution in [0.25, 0.3) is 0 Å². The second-order valence-electron chi connectivity index (χ2n) is 5.63. The molecule has 1 atom stereocenters. The van der Waals surface area contributed by atoms with Gasteiger partial charge < -0.3 is 10.2 Å². The van der Waals surface area contributed by atoms with Crippen LogP contribution in [0.15, 0.2) is 17.1 Å². The molecule has 1 fully saturated rings. The summed E-state index contributed by atoms with van der Waals surface area (Å²) in [4.78, 5) is 25.5. The van der Waals surface area contributed by atoms with E-state index in [9.17, 15) is 9.59 Å². The van der Waals surface area contributed by atoms with Crippen molar-refractivity contribution in [2.75, 3.05) is 36.0 Å². The normalized spacial score (nSPS) is 17.7. The monoisotopic (exact) mass is 324 g/mol. The number of amides is 1. The zero-order valence-electron chi connectivity index (χ0n) is 13.2. The number of nitrogens with one attached hydrogen (secondary N) is 1. The number of anilines is 1. The maximum Gasteiger partial charge on any atom is 0.268 e. The molecule has 0 aromatic carbocycles. The predicted molar refractivity (Wildman–Crippen MR) is 90.4 cm³/mol. The van der Waals surface area contributed by atoms with Crippen LogP contribution in [0.5, 0.6) is 0 Å². The SMILES string of the molecule is CCCSCC(=O)NC[C@H]1CCN(c2cnn(C)c(=O)c2)C1. The van der Waals surface area contributed by atoms with Gasteiger partial charge in [-0.2, -0.15) is 16.9 Å². The third kappa shape index (κ3) is 4.76. The highest BCUT2D eigenvalue weighted by Gasteiger charge is 2.23. The first-order valence-electron chi connectivity index (χ1n) is 7.73. The molecular weight excluding hydrogens is 300 g/mol. The first kappa shape index (κ1) is 16.9. The molecule has 1 N–H and O–H groups in total. The van der Waals surface area contributed by atoms with Gasteiger partial charge in [0.2, 0.25) is 5.91 Å². The van der Waals surface area contributed by atoms with Crippen LogP contribution >= 0.6 is 11.8 Å². The lowest BCUT2D eigenvalue weighted by Gasteiger charge is -2.18. The number of aromatic nitrogens is 2. The molecule has 2 heterocycles. The van der Waals surface area contributed by atoms with Crippen molar-refractivity contribution in [1.82, 2.24) is 15.1 Å². The average Bonchev–Trinajstić information content (AvgIpc) is 2.97. The standard InChI is InChI=1S/C15H24N4O2S/c1-3-6-22-11-14(20)16-8-12-4-5-19(10-12)13-7-15(21)18(2)17-9-13/h7,9,12H,3-6,8,10-11H2,1-2H3,(H,16,20)/t12-/m1/s1. The van der Waals surface area contributed by atoms with E-state index in [0.29, 0.717) is 18.2 Å². The number of carbonyl (C=O) groups is 1. The average molecular weight is 324 g/mol. The summed E-state index contributed by atoms with van der Waals surface area (Å²) in [5, 5.41) is 7.06. The zero-order chi connectivity index (χ0) is 15.9. The van der Waals surface area contributed by atoms with Gasteiger partial charge in [-0.3, -0.25) is 9.59 Å². The Labute approximate surface area is 135 Å². The molecule has 1 aliphatic rings. The van der Waals surface area contributed by atoms with Gasteiger partial charge in [0.1, 0.15) is 0 Å². The van der Waals surface area contributed by atoms with Crippen molar-refractivity contribution in [2.45, 2.75) is 19.8 Å². The number of rotatable bonds is 7. The lowest BCUT2D eigenvalue weighted by molar-refractivity contribution is -0.118. The molecule has 1 amide bonds. The molecule has 7 heteroatoms. The Hall–Kier alpha value is -1.50. The topological polar surface area (TPSA) is 67.2 Å². The summed E-state index contributed by atoms with van der Waals surface area (Å²) in [7, 11) is 1.64. The van der Waals surface area contributed by atoms with E-state index in [2.05, 4.69) is 22.2 Å². The lowest BCUT2D eigenvalue weighted by Crippen LogP contribution is -2.32. The van der Waals surface area contributed by atoms with E-state index in [0.717, 1.165) is 37.4 Å². The number of aryl methyl sites for hydroxylation is 1. The van der Waals surface area contributed by atoms with E-state index in [1.165, 1.54) is 4.68 Å².